The summed E-state index contributed by atoms with van der Waals surface area (Å²) in [5, 5.41) is 4.51. The Morgan fingerprint density at radius 3 is 2.94 bits per heavy atom. The predicted octanol–water partition coefficient (Wildman–Crippen LogP) is 0.371. The Hall–Kier alpha value is -1.14. The van der Waals surface area contributed by atoms with Gasteiger partial charge in [0.25, 0.3) is 0 Å². The third-order valence-corrected chi connectivity index (χ3v) is 3.05. The summed E-state index contributed by atoms with van der Waals surface area (Å²) in [5.74, 6) is -0.0606. The number of carbonyl (C=O) groups excluding carboxylic acids is 1. The van der Waals surface area contributed by atoms with Crippen LogP contribution in [0.4, 0.5) is 0 Å². The van der Waals surface area contributed by atoms with E-state index in [2.05, 4.69) is 5.32 Å². The highest BCUT2D eigenvalue weighted by Crippen LogP contribution is 2.00. The summed E-state index contributed by atoms with van der Waals surface area (Å²) in [6, 6.07) is 0. The van der Waals surface area contributed by atoms with Crippen molar-refractivity contribution in [1.82, 2.24) is 9.88 Å². The van der Waals surface area contributed by atoms with Gasteiger partial charge >= 0.3 is 4.87 Å². The first-order chi connectivity index (χ1) is 7.65. The van der Waals surface area contributed by atoms with Gasteiger partial charge in [0.1, 0.15) is 0 Å². The number of rotatable bonds is 6. The summed E-state index contributed by atoms with van der Waals surface area (Å²) in [6.07, 6.45) is 0.321. The van der Waals surface area contributed by atoms with Crippen LogP contribution in [-0.4, -0.2) is 30.7 Å². The molecule has 0 radical (unpaired) electrons. The number of hydrogen-bond donors (Lipinski definition) is 1. The first-order valence-corrected chi connectivity index (χ1v) is 5.93. The average Bonchev–Trinajstić information content (AvgIpc) is 2.57. The average molecular weight is 244 g/mol. The largest absolute Gasteiger partial charge is 0.383 e. The zero-order valence-corrected chi connectivity index (χ0v) is 10.3. The SMILES string of the molecule is COCCNC(=O)CCn1c(C)csc1=O. The summed E-state index contributed by atoms with van der Waals surface area (Å²) in [6.45, 7) is 3.31. The van der Waals surface area contributed by atoms with Crippen molar-refractivity contribution in [3.05, 3.63) is 20.7 Å². The Kier molecular flexibility index (Phi) is 5.21. The number of methoxy groups -OCH3 is 1. The molecule has 0 aliphatic heterocycles. The lowest BCUT2D eigenvalue weighted by molar-refractivity contribution is -0.121. The molecule has 1 aromatic rings. The maximum absolute atomic E-state index is 11.4. The van der Waals surface area contributed by atoms with Crippen LogP contribution in [0, 0.1) is 6.92 Å². The van der Waals surface area contributed by atoms with Crippen LogP contribution < -0.4 is 10.2 Å². The van der Waals surface area contributed by atoms with E-state index in [4.69, 9.17) is 4.74 Å². The maximum Gasteiger partial charge on any atom is 0.307 e. The third-order valence-electron chi connectivity index (χ3n) is 2.17. The highest BCUT2D eigenvalue weighted by Gasteiger charge is 2.05. The van der Waals surface area contributed by atoms with Crippen molar-refractivity contribution < 1.29 is 9.53 Å². The molecule has 0 aromatic carbocycles. The molecule has 0 fully saturated rings. The van der Waals surface area contributed by atoms with Crippen LogP contribution in [0.15, 0.2) is 10.2 Å². The van der Waals surface area contributed by atoms with Crippen LogP contribution >= 0.6 is 11.3 Å². The van der Waals surface area contributed by atoms with E-state index in [0.717, 1.165) is 17.0 Å². The molecule has 0 aliphatic carbocycles. The van der Waals surface area contributed by atoms with Crippen LogP contribution in [0.1, 0.15) is 12.1 Å². The predicted molar refractivity (Wildman–Crippen MR) is 62.8 cm³/mol. The van der Waals surface area contributed by atoms with Crippen molar-refractivity contribution in [2.75, 3.05) is 20.3 Å². The minimum atomic E-state index is -0.0606. The highest BCUT2D eigenvalue weighted by molar-refractivity contribution is 7.07. The van der Waals surface area contributed by atoms with Crippen LogP contribution in [0.25, 0.3) is 0 Å². The number of aryl methyl sites for hydroxylation is 1. The molecule has 1 N–H and O–H groups in total. The van der Waals surface area contributed by atoms with Crippen molar-refractivity contribution in [2.24, 2.45) is 0 Å². The summed E-state index contributed by atoms with van der Waals surface area (Å²) in [4.78, 5) is 22.7. The first-order valence-electron chi connectivity index (χ1n) is 5.05. The van der Waals surface area contributed by atoms with Crippen molar-refractivity contribution in [3.63, 3.8) is 0 Å². The number of nitrogens with one attached hydrogen (secondary N) is 1. The second-order valence-corrected chi connectivity index (χ2v) is 4.21. The molecule has 0 atom stereocenters. The number of ether oxygens (including phenoxy) is 1. The number of carbonyl (C=O) groups is 1. The molecule has 0 unspecified atom stereocenters. The monoisotopic (exact) mass is 244 g/mol. The van der Waals surface area contributed by atoms with Gasteiger partial charge in [-0.3, -0.25) is 9.59 Å². The fourth-order valence-electron chi connectivity index (χ4n) is 1.27. The number of hydrogen-bond acceptors (Lipinski definition) is 4. The van der Waals surface area contributed by atoms with Gasteiger partial charge in [-0.05, 0) is 6.92 Å². The normalized spacial score (nSPS) is 10.4. The molecular weight excluding hydrogens is 228 g/mol. The Morgan fingerprint density at radius 1 is 1.62 bits per heavy atom. The molecule has 0 saturated carbocycles. The zero-order valence-electron chi connectivity index (χ0n) is 9.49. The molecule has 6 heteroatoms. The molecule has 0 saturated heterocycles. The summed E-state index contributed by atoms with van der Waals surface area (Å²) < 4.78 is 6.42. The second-order valence-electron chi connectivity index (χ2n) is 3.39. The van der Waals surface area contributed by atoms with E-state index in [1.165, 1.54) is 0 Å². The van der Waals surface area contributed by atoms with Crippen molar-refractivity contribution in [3.8, 4) is 0 Å². The third kappa shape index (κ3) is 3.79. The van der Waals surface area contributed by atoms with Crippen molar-refractivity contribution in [1.29, 1.82) is 0 Å². The highest BCUT2D eigenvalue weighted by atomic mass is 32.1. The Labute approximate surface area is 98.0 Å². The van der Waals surface area contributed by atoms with Gasteiger partial charge in [0, 0.05) is 37.7 Å². The summed E-state index contributed by atoms with van der Waals surface area (Å²) in [5.41, 5.74) is 0.902. The summed E-state index contributed by atoms with van der Waals surface area (Å²) >= 11 is 1.16. The Bertz CT molecular complexity index is 397. The number of amides is 1. The van der Waals surface area contributed by atoms with Crippen molar-refractivity contribution in [2.45, 2.75) is 19.9 Å². The molecular formula is C10H16N2O3S. The second kappa shape index (κ2) is 6.44. The lowest BCUT2D eigenvalue weighted by atomic mass is 10.3. The van der Waals surface area contributed by atoms with Gasteiger partial charge in [-0.1, -0.05) is 11.3 Å². The number of thiazole rings is 1. The fraction of sp³-hybridized carbons (Fsp3) is 0.600. The minimum Gasteiger partial charge on any atom is -0.383 e. The zero-order chi connectivity index (χ0) is 12.0. The molecule has 0 spiro atoms. The quantitative estimate of drug-likeness (QED) is 0.736. The summed E-state index contributed by atoms with van der Waals surface area (Å²) in [7, 11) is 1.58. The van der Waals surface area contributed by atoms with E-state index in [0.29, 0.717) is 26.1 Å². The molecule has 5 nitrogen and oxygen atoms in total. The van der Waals surface area contributed by atoms with Crippen LogP contribution in [0.5, 0.6) is 0 Å². The van der Waals surface area contributed by atoms with Gasteiger partial charge in [0.15, 0.2) is 0 Å². The molecule has 1 aromatic heterocycles. The molecule has 1 heterocycles. The van der Waals surface area contributed by atoms with Crippen LogP contribution in [0.2, 0.25) is 0 Å². The molecule has 16 heavy (non-hydrogen) atoms. The molecule has 90 valence electrons. The standard InChI is InChI=1S/C10H16N2O3S/c1-8-7-16-10(14)12(8)5-3-9(13)11-4-6-15-2/h7H,3-6H2,1-2H3,(H,11,13). The Balaban J connectivity index is 2.34. The lowest BCUT2D eigenvalue weighted by Crippen LogP contribution is -2.28. The minimum absolute atomic E-state index is 0.0119. The van der Waals surface area contributed by atoms with E-state index in [9.17, 15) is 9.59 Å². The van der Waals surface area contributed by atoms with Crippen LogP contribution in [0.3, 0.4) is 0 Å². The Morgan fingerprint density at radius 2 is 2.38 bits per heavy atom. The van der Waals surface area contributed by atoms with Gasteiger partial charge < -0.3 is 14.6 Å². The lowest BCUT2D eigenvalue weighted by Gasteiger charge is -2.05. The molecule has 1 amide bonds. The molecule has 1 rings (SSSR count). The van der Waals surface area contributed by atoms with Gasteiger partial charge in [0.05, 0.1) is 6.61 Å². The van der Waals surface area contributed by atoms with Gasteiger partial charge in [-0.2, -0.15) is 0 Å². The fourth-order valence-corrected chi connectivity index (χ4v) is 2.03. The maximum atomic E-state index is 11.4. The number of aromatic nitrogens is 1. The topological polar surface area (TPSA) is 60.3 Å². The van der Waals surface area contributed by atoms with E-state index in [-0.39, 0.29) is 10.8 Å². The first kappa shape index (κ1) is 12.9. The smallest absolute Gasteiger partial charge is 0.307 e. The van der Waals surface area contributed by atoms with E-state index < -0.39 is 0 Å². The van der Waals surface area contributed by atoms with Gasteiger partial charge in [-0.25, -0.2) is 0 Å². The van der Waals surface area contributed by atoms with Gasteiger partial charge in [0.2, 0.25) is 5.91 Å². The molecule has 0 bridgehead atoms. The van der Waals surface area contributed by atoms with Crippen LogP contribution in [-0.2, 0) is 16.1 Å². The van der Waals surface area contributed by atoms with E-state index in [1.54, 1.807) is 17.1 Å². The van der Waals surface area contributed by atoms with E-state index in [1.807, 2.05) is 6.92 Å². The van der Waals surface area contributed by atoms with Gasteiger partial charge in [-0.15, -0.1) is 0 Å². The number of nitrogens with zero attached hydrogens (tertiary/aromatic N) is 1. The van der Waals surface area contributed by atoms with Crippen molar-refractivity contribution >= 4 is 17.2 Å². The molecule has 0 aliphatic rings. The van der Waals surface area contributed by atoms with E-state index >= 15 is 0 Å².